The lowest BCUT2D eigenvalue weighted by Crippen LogP contribution is -2.38. The summed E-state index contributed by atoms with van der Waals surface area (Å²) >= 11 is 0. The maximum atomic E-state index is 3.57. The lowest BCUT2D eigenvalue weighted by atomic mass is 9.96. The molecule has 1 heterocycles. The van der Waals surface area contributed by atoms with Gasteiger partial charge in [-0.3, -0.25) is 4.90 Å². The van der Waals surface area contributed by atoms with Crippen LogP contribution in [0.4, 0.5) is 0 Å². The van der Waals surface area contributed by atoms with Crippen LogP contribution in [0.2, 0.25) is 0 Å². The molecule has 0 saturated carbocycles. The summed E-state index contributed by atoms with van der Waals surface area (Å²) in [6.45, 7) is 11.5. The number of aryl methyl sites for hydroxylation is 1. The van der Waals surface area contributed by atoms with E-state index in [-0.39, 0.29) is 1.43 Å². The van der Waals surface area contributed by atoms with Crippen molar-refractivity contribution in [3.63, 3.8) is 0 Å². The smallest absolute Gasteiger partial charge is 0.0233 e. The van der Waals surface area contributed by atoms with E-state index in [0.717, 1.165) is 18.9 Å². The van der Waals surface area contributed by atoms with Gasteiger partial charge in [-0.15, -0.1) is 0 Å². The van der Waals surface area contributed by atoms with Crippen LogP contribution in [-0.2, 0) is 13.0 Å². The minimum atomic E-state index is 0. The van der Waals surface area contributed by atoms with Crippen LogP contribution < -0.4 is 5.32 Å². The molecule has 0 aliphatic carbocycles. The molecule has 2 nitrogen and oxygen atoms in total. The number of rotatable bonds is 6. The number of nitrogens with one attached hydrogen (secondary N) is 1. The Morgan fingerprint density at radius 3 is 2.30 bits per heavy atom. The van der Waals surface area contributed by atoms with Crippen LogP contribution in [0.5, 0.6) is 0 Å². The van der Waals surface area contributed by atoms with E-state index in [1.807, 2.05) is 0 Å². The third kappa shape index (κ3) is 4.92. The van der Waals surface area contributed by atoms with Gasteiger partial charge in [0.1, 0.15) is 0 Å². The molecular weight excluding hydrogens is 244 g/mol. The predicted molar refractivity (Wildman–Crippen MR) is 89.1 cm³/mol. The summed E-state index contributed by atoms with van der Waals surface area (Å²) in [4.78, 5) is 2.60. The summed E-state index contributed by atoms with van der Waals surface area (Å²) < 4.78 is 0. The van der Waals surface area contributed by atoms with Crippen molar-refractivity contribution in [3.8, 4) is 0 Å². The molecule has 0 bridgehead atoms. The summed E-state index contributed by atoms with van der Waals surface area (Å²) in [5.74, 6) is 0.871. The molecule has 0 unspecified atom stereocenters. The quantitative estimate of drug-likeness (QED) is 0.852. The molecule has 1 aliphatic heterocycles. The number of benzene rings is 1. The molecule has 1 aliphatic rings. The molecule has 1 aromatic carbocycles. The molecule has 20 heavy (non-hydrogen) atoms. The standard InChI is InChI=1S/C18H30N2.H2/c1-4-16-5-7-18(8-6-16)14-20-11-9-17(10-12-20)13-19-15(2)3;/h5-8,15,17,19H,4,9-14H2,1-3H3;1H. The summed E-state index contributed by atoms with van der Waals surface area (Å²) in [5, 5.41) is 3.57. The highest BCUT2D eigenvalue weighted by atomic mass is 15.1. The highest BCUT2D eigenvalue weighted by Crippen LogP contribution is 2.18. The van der Waals surface area contributed by atoms with Gasteiger partial charge in [0, 0.05) is 14.0 Å². The highest BCUT2D eigenvalue weighted by molar-refractivity contribution is 5.22. The molecular formula is C18H32N2. The van der Waals surface area contributed by atoms with E-state index in [9.17, 15) is 0 Å². The average Bonchev–Trinajstić information content (AvgIpc) is 2.47. The molecule has 0 amide bonds. The number of hydrogen-bond donors (Lipinski definition) is 1. The van der Waals surface area contributed by atoms with Crippen LogP contribution in [0.3, 0.4) is 0 Å². The molecule has 2 heteroatoms. The van der Waals surface area contributed by atoms with Gasteiger partial charge in [0.05, 0.1) is 0 Å². The second-order valence-electron chi connectivity index (χ2n) is 6.45. The number of hydrogen-bond acceptors (Lipinski definition) is 2. The minimum absolute atomic E-state index is 0. The predicted octanol–water partition coefficient (Wildman–Crippen LogP) is 3.71. The van der Waals surface area contributed by atoms with Crippen LogP contribution in [0, 0.1) is 5.92 Å². The van der Waals surface area contributed by atoms with Crippen LogP contribution in [0.15, 0.2) is 24.3 Å². The largest absolute Gasteiger partial charge is 0.314 e. The zero-order valence-corrected chi connectivity index (χ0v) is 13.4. The average molecular weight is 276 g/mol. The third-order valence-corrected chi connectivity index (χ3v) is 4.36. The van der Waals surface area contributed by atoms with Gasteiger partial charge < -0.3 is 5.32 Å². The Kier molecular flexibility index (Phi) is 6.06. The molecule has 2 rings (SSSR count). The van der Waals surface area contributed by atoms with E-state index < -0.39 is 0 Å². The van der Waals surface area contributed by atoms with Crippen LogP contribution in [-0.4, -0.2) is 30.6 Å². The van der Waals surface area contributed by atoms with E-state index in [4.69, 9.17) is 0 Å². The summed E-state index contributed by atoms with van der Waals surface area (Å²) in [5.41, 5.74) is 2.90. The highest BCUT2D eigenvalue weighted by Gasteiger charge is 2.19. The Hall–Kier alpha value is -0.860. The van der Waals surface area contributed by atoms with Crippen molar-refractivity contribution in [1.82, 2.24) is 10.2 Å². The van der Waals surface area contributed by atoms with E-state index in [1.165, 1.54) is 43.6 Å². The van der Waals surface area contributed by atoms with Crippen molar-refractivity contribution in [1.29, 1.82) is 0 Å². The van der Waals surface area contributed by atoms with Crippen molar-refractivity contribution in [2.24, 2.45) is 5.92 Å². The molecule has 1 fully saturated rings. The van der Waals surface area contributed by atoms with Crippen molar-refractivity contribution in [2.45, 2.75) is 52.6 Å². The Balaban J connectivity index is 0.00000220. The Labute approximate surface area is 126 Å². The normalized spacial score (nSPS) is 17.8. The zero-order valence-electron chi connectivity index (χ0n) is 13.4. The van der Waals surface area contributed by atoms with Crippen LogP contribution in [0.25, 0.3) is 0 Å². The first-order valence-corrected chi connectivity index (χ1v) is 8.21. The van der Waals surface area contributed by atoms with Gasteiger partial charge in [-0.25, -0.2) is 0 Å². The van der Waals surface area contributed by atoms with Crippen molar-refractivity contribution in [2.75, 3.05) is 19.6 Å². The second-order valence-corrected chi connectivity index (χ2v) is 6.45. The van der Waals surface area contributed by atoms with Gasteiger partial charge in [-0.1, -0.05) is 45.0 Å². The van der Waals surface area contributed by atoms with Gasteiger partial charge in [0.2, 0.25) is 0 Å². The maximum absolute atomic E-state index is 3.57. The molecule has 0 spiro atoms. The Morgan fingerprint density at radius 1 is 1.15 bits per heavy atom. The summed E-state index contributed by atoms with van der Waals surface area (Å²) in [6, 6.07) is 9.75. The summed E-state index contributed by atoms with van der Waals surface area (Å²) in [7, 11) is 0. The molecule has 0 atom stereocenters. The molecule has 1 aromatic rings. The number of piperidine rings is 1. The van der Waals surface area contributed by atoms with E-state index in [0.29, 0.717) is 6.04 Å². The molecule has 114 valence electrons. The van der Waals surface area contributed by atoms with Crippen molar-refractivity contribution >= 4 is 0 Å². The second kappa shape index (κ2) is 7.80. The first kappa shape index (κ1) is 15.5. The maximum Gasteiger partial charge on any atom is 0.0233 e. The van der Waals surface area contributed by atoms with Crippen LogP contribution in [0.1, 0.15) is 46.2 Å². The molecule has 1 N–H and O–H groups in total. The van der Waals surface area contributed by atoms with Crippen molar-refractivity contribution in [3.05, 3.63) is 35.4 Å². The van der Waals surface area contributed by atoms with E-state index in [2.05, 4.69) is 55.3 Å². The first-order chi connectivity index (χ1) is 9.67. The lowest BCUT2D eigenvalue weighted by Gasteiger charge is -2.32. The Morgan fingerprint density at radius 2 is 1.75 bits per heavy atom. The van der Waals surface area contributed by atoms with Gasteiger partial charge in [0.15, 0.2) is 0 Å². The summed E-state index contributed by atoms with van der Waals surface area (Å²) in [6.07, 6.45) is 3.81. The van der Waals surface area contributed by atoms with E-state index >= 15 is 0 Å². The van der Waals surface area contributed by atoms with Gasteiger partial charge >= 0.3 is 0 Å². The molecule has 0 aromatic heterocycles. The fraction of sp³-hybridized carbons (Fsp3) is 0.667. The molecule has 1 saturated heterocycles. The monoisotopic (exact) mass is 276 g/mol. The molecule has 0 radical (unpaired) electrons. The third-order valence-electron chi connectivity index (χ3n) is 4.36. The van der Waals surface area contributed by atoms with Gasteiger partial charge in [-0.05, 0) is 55.9 Å². The van der Waals surface area contributed by atoms with Gasteiger partial charge in [0.25, 0.3) is 0 Å². The van der Waals surface area contributed by atoms with E-state index in [1.54, 1.807) is 0 Å². The fourth-order valence-electron chi connectivity index (χ4n) is 2.89. The first-order valence-electron chi connectivity index (χ1n) is 8.21. The number of nitrogens with zero attached hydrogens (tertiary/aromatic N) is 1. The fourth-order valence-corrected chi connectivity index (χ4v) is 2.89. The van der Waals surface area contributed by atoms with Crippen LogP contribution >= 0.6 is 0 Å². The Bertz CT molecular complexity index is 381. The van der Waals surface area contributed by atoms with Crippen molar-refractivity contribution < 1.29 is 1.43 Å². The number of likely N-dealkylation sites (tertiary alicyclic amines) is 1. The zero-order chi connectivity index (χ0) is 14.4. The van der Waals surface area contributed by atoms with Gasteiger partial charge in [-0.2, -0.15) is 0 Å². The SMILES string of the molecule is CCc1ccc(CN2CCC(CNC(C)C)CC2)cc1.[HH]. The minimum Gasteiger partial charge on any atom is -0.314 e. The lowest BCUT2D eigenvalue weighted by molar-refractivity contribution is 0.174. The topological polar surface area (TPSA) is 15.3 Å².